The number of esters is 1. The lowest BCUT2D eigenvalue weighted by Crippen LogP contribution is -2.06. The summed E-state index contributed by atoms with van der Waals surface area (Å²) in [7, 11) is 0. The number of ether oxygens (including phenoxy) is 1. The molecule has 0 unspecified atom stereocenters. The second-order valence-electron chi connectivity index (χ2n) is 7.06. The first-order valence-corrected chi connectivity index (χ1v) is 10.7. The van der Waals surface area contributed by atoms with Crippen molar-refractivity contribution >= 4 is 49.9 Å². The maximum atomic E-state index is 12.8. The predicted octanol–water partition coefficient (Wildman–Crippen LogP) is 6.48. The van der Waals surface area contributed by atoms with E-state index >= 15 is 0 Å². The summed E-state index contributed by atoms with van der Waals surface area (Å²) in [5.74, 6) is 0.167. The molecule has 5 rings (SSSR count). The summed E-state index contributed by atoms with van der Waals surface area (Å²) in [4.78, 5) is 14.3. The van der Waals surface area contributed by atoms with Crippen molar-refractivity contribution in [2.45, 2.75) is 13.5 Å². The van der Waals surface area contributed by atoms with Crippen LogP contribution in [0.25, 0.3) is 21.0 Å². The molecule has 2 aromatic heterocycles. The van der Waals surface area contributed by atoms with Crippen LogP contribution in [0.4, 0.5) is 0 Å². The molecule has 2 heterocycles. The highest BCUT2D eigenvalue weighted by molar-refractivity contribution is 7.20. The molecule has 0 amide bonds. The lowest BCUT2D eigenvalue weighted by atomic mass is 10.1. The van der Waals surface area contributed by atoms with E-state index in [2.05, 4.69) is 5.10 Å². The van der Waals surface area contributed by atoms with E-state index in [1.165, 1.54) is 11.3 Å². The van der Waals surface area contributed by atoms with Crippen LogP contribution in [0.5, 0.6) is 5.75 Å². The average Bonchev–Trinajstić information content (AvgIpc) is 3.31. The highest BCUT2D eigenvalue weighted by Gasteiger charge is 2.18. The number of aromatic nitrogens is 2. The topological polar surface area (TPSA) is 44.1 Å². The van der Waals surface area contributed by atoms with Crippen molar-refractivity contribution in [2.75, 3.05) is 0 Å². The van der Waals surface area contributed by atoms with Crippen LogP contribution in [-0.2, 0) is 6.54 Å². The van der Waals surface area contributed by atoms with Gasteiger partial charge in [0.1, 0.15) is 15.5 Å². The number of carbonyl (C=O) groups excluding carboxylic acids is 1. The highest BCUT2D eigenvalue weighted by atomic mass is 35.5. The first-order valence-electron chi connectivity index (χ1n) is 9.50. The Hall–Kier alpha value is -3.15. The van der Waals surface area contributed by atoms with Gasteiger partial charge < -0.3 is 4.74 Å². The average molecular weight is 433 g/mol. The number of fused-ring (bicyclic) bond motifs is 2. The lowest BCUT2D eigenvalue weighted by molar-refractivity contribution is 0.0740. The molecule has 0 atom stereocenters. The van der Waals surface area contributed by atoms with Crippen LogP contribution in [-0.4, -0.2) is 15.7 Å². The Bertz CT molecular complexity index is 1400. The molecular formula is C24H17ClN2O2S. The van der Waals surface area contributed by atoms with E-state index in [-0.39, 0.29) is 5.97 Å². The van der Waals surface area contributed by atoms with Crippen LogP contribution in [0.2, 0.25) is 5.02 Å². The van der Waals surface area contributed by atoms with E-state index in [1.807, 2.05) is 84.4 Å². The molecular weight excluding hydrogens is 416 g/mol. The second kappa shape index (κ2) is 7.59. The molecule has 0 saturated heterocycles. The molecule has 5 aromatic rings. The van der Waals surface area contributed by atoms with Gasteiger partial charge >= 0.3 is 5.97 Å². The fourth-order valence-electron chi connectivity index (χ4n) is 3.50. The number of carbonyl (C=O) groups is 1. The van der Waals surface area contributed by atoms with Gasteiger partial charge in [0, 0.05) is 10.4 Å². The molecule has 3 aromatic carbocycles. The SMILES string of the molecule is Cc1nn(Cc2ccccc2Cl)c2sc(C(=O)Oc3ccc4ccccc4c3)cc12. The summed E-state index contributed by atoms with van der Waals surface area (Å²) in [6.07, 6.45) is 0. The molecule has 0 radical (unpaired) electrons. The van der Waals surface area contributed by atoms with Crippen molar-refractivity contribution < 1.29 is 9.53 Å². The zero-order chi connectivity index (χ0) is 20.7. The van der Waals surface area contributed by atoms with Crippen LogP contribution in [0, 0.1) is 6.92 Å². The Morgan fingerprint density at radius 1 is 1.03 bits per heavy atom. The van der Waals surface area contributed by atoms with E-state index in [0.717, 1.165) is 32.2 Å². The summed E-state index contributed by atoms with van der Waals surface area (Å²) in [6.45, 7) is 2.49. The van der Waals surface area contributed by atoms with E-state index in [0.29, 0.717) is 22.2 Å². The van der Waals surface area contributed by atoms with E-state index < -0.39 is 0 Å². The summed E-state index contributed by atoms with van der Waals surface area (Å²) in [5.41, 5.74) is 1.86. The number of thiophene rings is 1. The molecule has 4 nitrogen and oxygen atoms in total. The third kappa shape index (κ3) is 3.47. The number of benzene rings is 3. The van der Waals surface area contributed by atoms with Crippen molar-refractivity contribution in [3.05, 3.63) is 94.0 Å². The molecule has 0 saturated carbocycles. The number of nitrogens with zero attached hydrogens (tertiary/aromatic N) is 2. The van der Waals surface area contributed by atoms with E-state index in [9.17, 15) is 4.79 Å². The third-order valence-corrected chi connectivity index (χ3v) is 6.52. The van der Waals surface area contributed by atoms with Crippen LogP contribution < -0.4 is 4.74 Å². The maximum absolute atomic E-state index is 12.8. The van der Waals surface area contributed by atoms with Crippen LogP contribution in [0.3, 0.4) is 0 Å². The van der Waals surface area contributed by atoms with Crippen molar-refractivity contribution in [3.8, 4) is 5.75 Å². The molecule has 148 valence electrons. The first-order chi connectivity index (χ1) is 14.6. The fraction of sp³-hybridized carbons (Fsp3) is 0.0833. The zero-order valence-corrected chi connectivity index (χ0v) is 17.7. The van der Waals surface area contributed by atoms with Gasteiger partial charge in [-0.1, -0.05) is 60.1 Å². The van der Waals surface area contributed by atoms with Crippen LogP contribution in [0.15, 0.2) is 72.8 Å². The standard InChI is InChI=1S/C24H17ClN2O2S/c1-15-20-13-22(24(28)29-19-11-10-16-6-2-3-7-17(16)12-19)30-23(20)27(26-15)14-18-8-4-5-9-21(18)25/h2-13H,14H2,1H3. The number of hydrogen-bond acceptors (Lipinski definition) is 4. The minimum Gasteiger partial charge on any atom is -0.422 e. The molecule has 0 fully saturated rings. The molecule has 6 heteroatoms. The Balaban J connectivity index is 1.44. The molecule has 30 heavy (non-hydrogen) atoms. The molecule has 0 aliphatic heterocycles. The maximum Gasteiger partial charge on any atom is 0.353 e. The normalized spacial score (nSPS) is 11.3. The quantitative estimate of drug-likeness (QED) is 0.241. The minimum atomic E-state index is -0.366. The second-order valence-corrected chi connectivity index (χ2v) is 8.50. The number of aryl methyl sites for hydroxylation is 1. The van der Waals surface area contributed by atoms with Gasteiger partial charge in [-0.25, -0.2) is 4.79 Å². The first kappa shape index (κ1) is 18.9. The Labute approximate surface area is 182 Å². The van der Waals surface area contributed by atoms with Crippen LogP contribution >= 0.6 is 22.9 Å². The van der Waals surface area contributed by atoms with E-state index in [1.54, 1.807) is 0 Å². The lowest BCUT2D eigenvalue weighted by Gasteiger charge is -2.05. The van der Waals surface area contributed by atoms with Gasteiger partial charge in [-0.2, -0.15) is 5.10 Å². The van der Waals surface area contributed by atoms with Gasteiger partial charge in [-0.15, -0.1) is 11.3 Å². The summed E-state index contributed by atoms with van der Waals surface area (Å²) < 4.78 is 7.54. The third-order valence-electron chi connectivity index (χ3n) is 5.02. The predicted molar refractivity (Wildman–Crippen MR) is 122 cm³/mol. The van der Waals surface area contributed by atoms with E-state index in [4.69, 9.17) is 16.3 Å². The number of hydrogen-bond donors (Lipinski definition) is 0. The summed E-state index contributed by atoms with van der Waals surface area (Å²) in [5, 5.41) is 8.42. The minimum absolute atomic E-state index is 0.366. The molecule has 0 N–H and O–H groups in total. The van der Waals surface area contributed by atoms with Gasteiger partial charge in [0.2, 0.25) is 0 Å². The molecule has 0 aliphatic rings. The Morgan fingerprint density at radius 3 is 2.63 bits per heavy atom. The largest absolute Gasteiger partial charge is 0.422 e. The summed E-state index contributed by atoms with van der Waals surface area (Å²) in [6, 6.07) is 23.2. The van der Waals surface area contributed by atoms with Gasteiger partial charge in [0.25, 0.3) is 0 Å². The summed E-state index contributed by atoms with van der Waals surface area (Å²) >= 11 is 7.69. The zero-order valence-electron chi connectivity index (χ0n) is 16.1. The van der Waals surface area contributed by atoms with Gasteiger partial charge in [0.15, 0.2) is 0 Å². The van der Waals surface area contributed by atoms with Crippen LogP contribution in [0.1, 0.15) is 20.9 Å². The van der Waals surface area contributed by atoms with Gasteiger partial charge in [-0.3, -0.25) is 4.68 Å². The smallest absolute Gasteiger partial charge is 0.353 e. The number of halogens is 1. The van der Waals surface area contributed by atoms with Crippen molar-refractivity contribution in [3.63, 3.8) is 0 Å². The van der Waals surface area contributed by atoms with Gasteiger partial charge in [-0.05, 0) is 47.5 Å². The molecule has 0 bridgehead atoms. The fourth-order valence-corrected chi connectivity index (χ4v) is 4.73. The van der Waals surface area contributed by atoms with Crippen molar-refractivity contribution in [2.24, 2.45) is 0 Å². The number of rotatable bonds is 4. The Kier molecular flexibility index (Phi) is 4.77. The van der Waals surface area contributed by atoms with Crippen molar-refractivity contribution in [1.82, 2.24) is 9.78 Å². The Morgan fingerprint density at radius 2 is 1.80 bits per heavy atom. The molecule has 0 spiro atoms. The molecule has 0 aliphatic carbocycles. The highest BCUT2D eigenvalue weighted by Crippen LogP contribution is 2.31. The van der Waals surface area contributed by atoms with Crippen molar-refractivity contribution in [1.29, 1.82) is 0 Å². The van der Waals surface area contributed by atoms with Gasteiger partial charge in [0.05, 0.1) is 12.2 Å². The monoisotopic (exact) mass is 432 g/mol.